The van der Waals surface area contributed by atoms with Gasteiger partial charge in [0.2, 0.25) is 0 Å². The number of phenolic OH excluding ortho intramolecular Hbond substituents is 1. The number of rotatable bonds is 7. The van der Waals surface area contributed by atoms with Crippen LogP contribution in [0.5, 0.6) is 5.75 Å². The fraction of sp³-hybridized carbons (Fsp3) is 0.316. The molecule has 0 aliphatic carbocycles. The molecule has 1 aliphatic heterocycles. The van der Waals surface area contributed by atoms with E-state index in [0.29, 0.717) is 29.6 Å². The lowest BCUT2D eigenvalue weighted by Crippen LogP contribution is -1.94. The van der Waals surface area contributed by atoms with E-state index >= 15 is 0 Å². The van der Waals surface area contributed by atoms with Crippen molar-refractivity contribution in [3.05, 3.63) is 58.4 Å². The number of hydrogen-bond donors (Lipinski definition) is 1. The Bertz CT molecular complexity index is 660. The highest BCUT2D eigenvalue weighted by atomic mass is 16.6. The summed E-state index contributed by atoms with van der Waals surface area (Å²) in [5.41, 5.74) is 2.88. The zero-order valence-corrected chi connectivity index (χ0v) is 13.3. The van der Waals surface area contributed by atoms with Crippen LogP contribution in [0, 0.1) is 0 Å². The van der Waals surface area contributed by atoms with E-state index in [0.717, 1.165) is 24.2 Å². The molecule has 2 rings (SSSR count). The highest BCUT2D eigenvalue weighted by Gasteiger charge is 2.28. The van der Waals surface area contributed by atoms with Crippen molar-refractivity contribution in [2.24, 2.45) is 0 Å². The van der Waals surface area contributed by atoms with Gasteiger partial charge in [0.25, 0.3) is 0 Å². The van der Waals surface area contributed by atoms with Gasteiger partial charge in [0.05, 0.1) is 5.56 Å². The van der Waals surface area contributed by atoms with E-state index in [1.807, 2.05) is 44.2 Å². The van der Waals surface area contributed by atoms with Crippen molar-refractivity contribution in [1.82, 2.24) is 0 Å². The van der Waals surface area contributed by atoms with Crippen LogP contribution >= 0.6 is 0 Å². The third kappa shape index (κ3) is 3.67. The molecule has 0 radical (unpaired) electrons. The van der Waals surface area contributed by atoms with Gasteiger partial charge in [0.1, 0.15) is 5.75 Å². The minimum absolute atomic E-state index is 0.0462. The predicted molar refractivity (Wildman–Crippen MR) is 88.7 cm³/mol. The Hall–Kier alpha value is -2.29. The van der Waals surface area contributed by atoms with Crippen LogP contribution in [0.25, 0.3) is 5.76 Å². The molecule has 1 aliphatic rings. The lowest BCUT2D eigenvalue weighted by Gasteiger charge is -2.07. The molecule has 1 heterocycles. The molecule has 0 unspecified atom stereocenters. The van der Waals surface area contributed by atoms with Gasteiger partial charge >= 0.3 is 0 Å². The topological polar surface area (TPSA) is 49.8 Å². The van der Waals surface area contributed by atoms with Gasteiger partial charge < -0.3 is 9.84 Å². The Balaban J connectivity index is 2.29. The van der Waals surface area contributed by atoms with Crippen LogP contribution in [-0.2, 0) is 11.2 Å². The highest BCUT2D eigenvalue weighted by Crippen LogP contribution is 2.41. The normalized spacial score (nSPS) is 13.2. The van der Waals surface area contributed by atoms with Crippen LogP contribution in [0.4, 0.5) is 0 Å². The second-order valence-electron chi connectivity index (χ2n) is 5.62. The van der Waals surface area contributed by atoms with E-state index < -0.39 is 0 Å². The number of unbranched alkanes of at least 4 members (excludes halogenated alkanes) is 1. The lowest BCUT2D eigenvalue weighted by molar-refractivity contribution is 0.112. The molecular formula is C19H22O3. The molecule has 116 valence electrons. The van der Waals surface area contributed by atoms with E-state index in [1.54, 1.807) is 0 Å². The first kappa shape index (κ1) is 16.1. The van der Waals surface area contributed by atoms with E-state index in [2.05, 4.69) is 6.92 Å². The molecule has 22 heavy (non-hydrogen) atoms. The Kier molecular flexibility index (Phi) is 5.21. The van der Waals surface area contributed by atoms with Crippen molar-refractivity contribution in [1.29, 1.82) is 0 Å². The number of benzene rings is 1. The lowest BCUT2D eigenvalue weighted by atomic mass is 9.99. The van der Waals surface area contributed by atoms with Crippen LogP contribution < -0.4 is 0 Å². The van der Waals surface area contributed by atoms with Crippen molar-refractivity contribution < 1.29 is 14.6 Å². The number of phenols is 1. The minimum atomic E-state index is 0.0462. The van der Waals surface area contributed by atoms with Crippen LogP contribution in [0.3, 0.4) is 0 Å². The van der Waals surface area contributed by atoms with E-state index in [-0.39, 0.29) is 5.75 Å². The van der Waals surface area contributed by atoms with Crippen molar-refractivity contribution in [2.45, 2.75) is 40.0 Å². The quantitative estimate of drug-likeness (QED) is 0.582. The third-order valence-corrected chi connectivity index (χ3v) is 3.51. The summed E-state index contributed by atoms with van der Waals surface area (Å²) in [6.45, 7) is 6.12. The van der Waals surface area contributed by atoms with Gasteiger partial charge in [0.15, 0.2) is 17.8 Å². The average Bonchev–Trinajstić information content (AvgIpc) is 3.25. The summed E-state index contributed by atoms with van der Waals surface area (Å²) in [4.78, 5) is 11.4. The fourth-order valence-corrected chi connectivity index (χ4v) is 2.19. The van der Waals surface area contributed by atoms with Crippen molar-refractivity contribution in [2.75, 3.05) is 0 Å². The number of allylic oxidation sites excluding steroid dienone is 4. The maximum absolute atomic E-state index is 11.4. The third-order valence-electron chi connectivity index (χ3n) is 3.51. The number of ether oxygens (including phenoxy) is 1. The standard InChI is InChI=1S/C19H22O3/c1-4-5-6-7-17-19(22-17)15-11-10-14(9-8-13(2)3)18(21)16(15)12-20/h6-8,10-12,21H,4-5,9H2,1-3H3/b7-6+. The number of hydrogen-bond acceptors (Lipinski definition) is 3. The summed E-state index contributed by atoms with van der Waals surface area (Å²) in [6.07, 6.45) is 9.37. The Labute approximate surface area is 131 Å². The molecular weight excluding hydrogens is 276 g/mol. The van der Waals surface area contributed by atoms with Gasteiger partial charge in [0, 0.05) is 5.56 Å². The second kappa shape index (κ2) is 7.12. The fourth-order valence-electron chi connectivity index (χ4n) is 2.19. The van der Waals surface area contributed by atoms with E-state index in [9.17, 15) is 9.90 Å². The van der Waals surface area contributed by atoms with E-state index in [4.69, 9.17) is 4.74 Å². The number of aromatic hydroxyl groups is 1. The molecule has 0 aromatic heterocycles. The molecule has 3 nitrogen and oxygen atoms in total. The van der Waals surface area contributed by atoms with Gasteiger partial charge in [-0.2, -0.15) is 0 Å². The van der Waals surface area contributed by atoms with Gasteiger partial charge in [-0.05, 0) is 44.4 Å². The van der Waals surface area contributed by atoms with Crippen molar-refractivity contribution >= 4 is 12.0 Å². The summed E-state index contributed by atoms with van der Waals surface area (Å²) in [6, 6.07) is 3.69. The summed E-state index contributed by atoms with van der Waals surface area (Å²) >= 11 is 0. The largest absolute Gasteiger partial charge is 0.507 e. The molecule has 0 fully saturated rings. The van der Waals surface area contributed by atoms with Gasteiger partial charge in [-0.25, -0.2) is 0 Å². The predicted octanol–water partition coefficient (Wildman–Crippen LogP) is 4.77. The van der Waals surface area contributed by atoms with Crippen LogP contribution in [0.2, 0.25) is 0 Å². The molecule has 0 amide bonds. The maximum atomic E-state index is 11.4. The van der Waals surface area contributed by atoms with Crippen LogP contribution in [-0.4, -0.2) is 11.4 Å². The zero-order chi connectivity index (χ0) is 16.1. The van der Waals surface area contributed by atoms with E-state index in [1.165, 1.54) is 5.57 Å². The van der Waals surface area contributed by atoms with Crippen molar-refractivity contribution in [3.63, 3.8) is 0 Å². The van der Waals surface area contributed by atoms with Gasteiger partial charge in [-0.15, -0.1) is 0 Å². The Morgan fingerprint density at radius 1 is 1.32 bits per heavy atom. The minimum Gasteiger partial charge on any atom is -0.507 e. The molecule has 0 spiro atoms. The first-order chi connectivity index (χ1) is 10.6. The molecule has 0 bridgehead atoms. The average molecular weight is 298 g/mol. The summed E-state index contributed by atoms with van der Waals surface area (Å²) < 4.78 is 5.45. The number of carbonyl (C=O) groups is 1. The smallest absolute Gasteiger partial charge is 0.178 e. The Morgan fingerprint density at radius 2 is 2.09 bits per heavy atom. The first-order valence-corrected chi connectivity index (χ1v) is 7.60. The zero-order valence-electron chi connectivity index (χ0n) is 13.3. The number of carbonyl (C=O) groups excluding carboxylic acids is 1. The molecule has 0 saturated heterocycles. The second-order valence-corrected chi connectivity index (χ2v) is 5.62. The van der Waals surface area contributed by atoms with Crippen molar-refractivity contribution in [3.8, 4) is 5.75 Å². The first-order valence-electron chi connectivity index (χ1n) is 7.60. The van der Waals surface area contributed by atoms with Gasteiger partial charge in [-0.3, -0.25) is 4.79 Å². The van der Waals surface area contributed by atoms with Crippen LogP contribution in [0.15, 0.2) is 41.7 Å². The maximum Gasteiger partial charge on any atom is 0.178 e. The summed E-state index contributed by atoms with van der Waals surface area (Å²) in [7, 11) is 0. The summed E-state index contributed by atoms with van der Waals surface area (Å²) in [5, 5.41) is 10.3. The molecule has 1 N–H and O–H groups in total. The highest BCUT2D eigenvalue weighted by molar-refractivity contribution is 5.91. The Morgan fingerprint density at radius 3 is 2.73 bits per heavy atom. The SMILES string of the molecule is CCC/C=C/C1=C(c2ccc(CC=C(C)C)c(O)c2C=O)O1. The van der Waals surface area contributed by atoms with Crippen LogP contribution in [0.1, 0.15) is 55.1 Å². The number of aldehydes is 1. The molecule has 1 aromatic rings. The molecule has 0 atom stereocenters. The molecule has 1 aromatic carbocycles. The molecule has 0 saturated carbocycles. The van der Waals surface area contributed by atoms with Gasteiger partial charge in [-0.1, -0.05) is 37.1 Å². The molecule has 3 heteroatoms. The summed E-state index contributed by atoms with van der Waals surface area (Å²) in [5.74, 6) is 1.50. The monoisotopic (exact) mass is 298 g/mol.